The van der Waals surface area contributed by atoms with E-state index in [1.165, 1.54) is 11.3 Å². The number of rotatable bonds is 6. The molecule has 1 atom stereocenters. The van der Waals surface area contributed by atoms with E-state index in [4.69, 9.17) is 4.74 Å². The Morgan fingerprint density at radius 2 is 1.93 bits per heavy atom. The van der Waals surface area contributed by atoms with Crippen LogP contribution in [0.1, 0.15) is 18.5 Å². The molecule has 154 valence electrons. The molecular weight excluding hydrogens is 398 g/mol. The summed E-state index contributed by atoms with van der Waals surface area (Å²) < 4.78 is 5.14. The summed E-state index contributed by atoms with van der Waals surface area (Å²) >= 11 is 1.53. The summed E-state index contributed by atoms with van der Waals surface area (Å²) in [6.45, 7) is 0.592. The molecule has 7 heteroatoms. The summed E-state index contributed by atoms with van der Waals surface area (Å²) in [4.78, 5) is 32.0. The molecule has 0 saturated carbocycles. The maximum Gasteiger partial charge on any atom is 0.247 e. The highest BCUT2D eigenvalue weighted by atomic mass is 32.1. The van der Waals surface area contributed by atoms with E-state index in [9.17, 15) is 9.59 Å². The van der Waals surface area contributed by atoms with Crippen molar-refractivity contribution in [1.29, 1.82) is 0 Å². The number of hydrogen-bond donors (Lipinski definition) is 1. The molecule has 0 spiro atoms. The summed E-state index contributed by atoms with van der Waals surface area (Å²) in [5, 5.41) is 5.72. The Morgan fingerprint density at radius 1 is 1.17 bits per heavy atom. The first-order chi connectivity index (χ1) is 14.6. The number of methoxy groups -OCH3 is 1. The minimum Gasteiger partial charge on any atom is -0.497 e. The Kier molecular flexibility index (Phi) is 6.09. The van der Waals surface area contributed by atoms with Crippen molar-refractivity contribution in [1.82, 2.24) is 9.88 Å². The highest BCUT2D eigenvalue weighted by Gasteiger charge is 2.34. The largest absolute Gasteiger partial charge is 0.497 e. The van der Waals surface area contributed by atoms with E-state index in [1.54, 1.807) is 36.3 Å². The summed E-state index contributed by atoms with van der Waals surface area (Å²) in [6, 6.07) is 16.6. The molecule has 2 heterocycles. The van der Waals surface area contributed by atoms with Gasteiger partial charge in [0, 0.05) is 23.2 Å². The average Bonchev–Trinajstić information content (AvgIpc) is 3.45. The van der Waals surface area contributed by atoms with Crippen LogP contribution in [0.2, 0.25) is 0 Å². The second-order valence-corrected chi connectivity index (χ2v) is 8.01. The van der Waals surface area contributed by atoms with Gasteiger partial charge in [0.1, 0.15) is 16.8 Å². The number of likely N-dealkylation sites (tertiary alicyclic amines) is 1. The number of aromatic nitrogens is 1. The first-order valence-electron chi connectivity index (χ1n) is 9.88. The molecule has 1 fully saturated rings. The van der Waals surface area contributed by atoms with E-state index >= 15 is 0 Å². The molecule has 3 aromatic rings. The van der Waals surface area contributed by atoms with Crippen molar-refractivity contribution >= 4 is 28.8 Å². The molecule has 1 aromatic heterocycles. The maximum atomic E-state index is 12.9. The fourth-order valence-electron chi connectivity index (χ4n) is 3.60. The van der Waals surface area contributed by atoms with Crippen molar-refractivity contribution in [2.24, 2.45) is 0 Å². The van der Waals surface area contributed by atoms with Crippen LogP contribution in [-0.4, -0.2) is 41.4 Å². The fourth-order valence-corrected chi connectivity index (χ4v) is 4.42. The predicted octanol–water partition coefficient (Wildman–Crippen LogP) is 3.99. The number of carbonyl (C=O) groups excluding carboxylic acids is 2. The number of carbonyl (C=O) groups is 2. The summed E-state index contributed by atoms with van der Waals surface area (Å²) in [6.07, 6.45) is 1.69. The van der Waals surface area contributed by atoms with Gasteiger partial charge < -0.3 is 15.0 Å². The van der Waals surface area contributed by atoms with E-state index in [1.807, 2.05) is 35.7 Å². The SMILES string of the molecule is COc1ccc(NC(=O)C2CCCN2C(=O)Cc2csc(-c3ccccc3)n2)cc1. The van der Waals surface area contributed by atoms with Gasteiger partial charge in [0.15, 0.2) is 0 Å². The first kappa shape index (κ1) is 20.1. The normalized spacial score (nSPS) is 15.8. The van der Waals surface area contributed by atoms with Crippen LogP contribution in [0.3, 0.4) is 0 Å². The number of thiazole rings is 1. The second kappa shape index (κ2) is 9.09. The number of amides is 2. The Bertz CT molecular complexity index is 1020. The molecule has 1 aliphatic heterocycles. The molecule has 0 radical (unpaired) electrons. The third-order valence-corrected chi connectivity index (χ3v) is 6.08. The zero-order valence-corrected chi connectivity index (χ0v) is 17.5. The van der Waals surface area contributed by atoms with Crippen molar-refractivity contribution in [2.75, 3.05) is 19.0 Å². The number of ether oxygens (including phenoxy) is 1. The van der Waals surface area contributed by atoms with Crippen LogP contribution >= 0.6 is 11.3 Å². The number of nitrogens with zero attached hydrogens (tertiary/aromatic N) is 2. The second-order valence-electron chi connectivity index (χ2n) is 7.15. The van der Waals surface area contributed by atoms with Crippen LogP contribution in [0.25, 0.3) is 10.6 Å². The fraction of sp³-hybridized carbons (Fsp3) is 0.261. The Hall–Kier alpha value is -3.19. The first-order valence-corrected chi connectivity index (χ1v) is 10.8. The monoisotopic (exact) mass is 421 g/mol. The molecule has 2 amide bonds. The zero-order valence-electron chi connectivity index (χ0n) is 16.7. The maximum absolute atomic E-state index is 12.9. The summed E-state index contributed by atoms with van der Waals surface area (Å²) in [5.74, 6) is 0.505. The van der Waals surface area contributed by atoms with Crippen LogP contribution < -0.4 is 10.1 Å². The molecule has 1 saturated heterocycles. The van der Waals surface area contributed by atoms with Gasteiger partial charge in [0.25, 0.3) is 0 Å². The van der Waals surface area contributed by atoms with Gasteiger partial charge in [-0.05, 0) is 37.1 Å². The lowest BCUT2D eigenvalue weighted by Gasteiger charge is -2.23. The van der Waals surface area contributed by atoms with Gasteiger partial charge >= 0.3 is 0 Å². The van der Waals surface area contributed by atoms with Crippen LogP contribution in [0.4, 0.5) is 5.69 Å². The zero-order chi connectivity index (χ0) is 20.9. The van der Waals surface area contributed by atoms with Crippen molar-refractivity contribution in [2.45, 2.75) is 25.3 Å². The van der Waals surface area contributed by atoms with Gasteiger partial charge in [-0.1, -0.05) is 30.3 Å². The van der Waals surface area contributed by atoms with Gasteiger partial charge in [-0.3, -0.25) is 9.59 Å². The third-order valence-electron chi connectivity index (χ3n) is 5.14. The highest BCUT2D eigenvalue weighted by molar-refractivity contribution is 7.13. The smallest absolute Gasteiger partial charge is 0.247 e. The molecule has 1 N–H and O–H groups in total. The Labute approximate surface area is 179 Å². The number of hydrogen-bond acceptors (Lipinski definition) is 5. The standard InChI is InChI=1S/C23H23N3O3S/c1-29-19-11-9-17(10-12-19)24-22(28)20-8-5-13-26(20)21(27)14-18-15-30-23(25-18)16-6-3-2-4-7-16/h2-4,6-7,9-12,15,20H,5,8,13-14H2,1H3,(H,24,28). The van der Waals surface area contributed by atoms with Crippen molar-refractivity contribution < 1.29 is 14.3 Å². The lowest BCUT2D eigenvalue weighted by molar-refractivity contribution is -0.136. The van der Waals surface area contributed by atoms with Crippen LogP contribution in [0.5, 0.6) is 5.75 Å². The van der Waals surface area contributed by atoms with Crippen LogP contribution in [0, 0.1) is 0 Å². The Balaban J connectivity index is 1.39. The van der Waals surface area contributed by atoms with Crippen LogP contribution in [0.15, 0.2) is 60.0 Å². The molecule has 2 aromatic carbocycles. The molecule has 1 unspecified atom stereocenters. The van der Waals surface area contributed by atoms with E-state index in [0.717, 1.165) is 28.4 Å². The molecule has 0 aliphatic carbocycles. The number of anilines is 1. The van der Waals surface area contributed by atoms with E-state index < -0.39 is 6.04 Å². The number of benzene rings is 2. The van der Waals surface area contributed by atoms with Crippen LogP contribution in [-0.2, 0) is 16.0 Å². The van der Waals surface area contributed by atoms with E-state index in [2.05, 4.69) is 10.3 Å². The minimum absolute atomic E-state index is 0.0627. The molecule has 4 rings (SSSR count). The highest BCUT2D eigenvalue weighted by Crippen LogP contribution is 2.25. The molecular formula is C23H23N3O3S. The van der Waals surface area contributed by atoms with Gasteiger partial charge in [-0.2, -0.15) is 0 Å². The molecule has 1 aliphatic rings. The summed E-state index contributed by atoms with van der Waals surface area (Å²) in [5.41, 5.74) is 2.47. The molecule has 0 bridgehead atoms. The third kappa shape index (κ3) is 4.52. The minimum atomic E-state index is -0.452. The van der Waals surface area contributed by atoms with Crippen molar-refractivity contribution in [3.05, 3.63) is 65.7 Å². The van der Waals surface area contributed by atoms with Gasteiger partial charge in [0.2, 0.25) is 11.8 Å². The topological polar surface area (TPSA) is 71.5 Å². The summed E-state index contributed by atoms with van der Waals surface area (Å²) in [7, 11) is 1.60. The lowest BCUT2D eigenvalue weighted by Crippen LogP contribution is -2.43. The molecule has 30 heavy (non-hydrogen) atoms. The van der Waals surface area contributed by atoms with Gasteiger partial charge in [-0.15, -0.1) is 11.3 Å². The van der Waals surface area contributed by atoms with Gasteiger partial charge in [-0.25, -0.2) is 4.98 Å². The van der Waals surface area contributed by atoms with E-state index in [-0.39, 0.29) is 18.2 Å². The Morgan fingerprint density at radius 3 is 2.67 bits per heavy atom. The average molecular weight is 422 g/mol. The molecule has 6 nitrogen and oxygen atoms in total. The van der Waals surface area contributed by atoms with E-state index in [0.29, 0.717) is 18.7 Å². The van der Waals surface area contributed by atoms with Crippen molar-refractivity contribution in [3.63, 3.8) is 0 Å². The van der Waals surface area contributed by atoms with Crippen molar-refractivity contribution in [3.8, 4) is 16.3 Å². The van der Waals surface area contributed by atoms with Gasteiger partial charge in [0.05, 0.1) is 19.2 Å². The quantitative estimate of drug-likeness (QED) is 0.653. The predicted molar refractivity (Wildman–Crippen MR) is 118 cm³/mol. The lowest BCUT2D eigenvalue weighted by atomic mass is 10.2. The number of nitrogens with one attached hydrogen (secondary N) is 1.